The summed E-state index contributed by atoms with van der Waals surface area (Å²) in [5.74, 6) is -0.351. The highest BCUT2D eigenvalue weighted by molar-refractivity contribution is 5.92. The van der Waals surface area contributed by atoms with E-state index in [1.165, 1.54) is 15.2 Å². The van der Waals surface area contributed by atoms with E-state index in [0.717, 1.165) is 17.6 Å². The van der Waals surface area contributed by atoms with Gasteiger partial charge < -0.3 is 10.1 Å². The molecule has 0 spiro atoms. The van der Waals surface area contributed by atoms with Gasteiger partial charge in [-0.05, 0) is 36.8 Å². The fourth-order valence-electron chi connectivity index (χ4n) is 3.15. The van der Waals surface area contributed by atoms with Crippen molar-refractivity contribution in [3.8, 4) is 5.75 Å². The second-order valence-corrected chi connectivity index (χ2v) is 6.84. The molecule has 1 heterocycles. The number of carbonyl (C=O) groups excluding carboxylic acids is 1. The van der Waals surface area contributed by atoms with Crippen molar-refractivity contribution < 1.29 is 22.7 Å². The van der Waals surface area contributed by atoms with Gasteiger partial charge in [-0.25, -0.2) is 4.79 Å². The smallest absolute Gasteiger partial charge is 0.416 e. The van der Waals surface area contributed by atoms with Gasteiger partial charge >= 0.3 is 11.9 Å². The number of rotatable bonds is 7. The standard InChI is InChI=1S/C21H22F3N3O3/c1-3-12-30-18-9-8-14(21(22,23)24)13-15(18)25-19(28)10-11-27-17-7-5-4-6-16(17)26(2)20(27)29/h4-9,13H,3,10-12H2,1-2H3,(H,25,28). The Morgan fingerprint density at radius 1 is 1.13 bits per heavy atom. The number of halogens is 3. The fourth-order valence-corrected chi connectivity index (χ4v) is 3.15. The fraction of sp³-hybridized carbons (Fsp3) is 0.333. The van der Waals surface area contributed by atoms with Gasteiger partial charge in [0.25, 0.3) is 0 Å². The molecule has 1 aromatic heterocycles. The lowest BCUT2D eigenvalue weighted by molar-refractivity contribution is -0.137. The average molecular weight is 421 g/mol. The van der Waals surface area contributed by atoms with Crippen LogP contribution in [0.3, 0.4) is 0 Å². The van der Waals surface area contributed by atoms with Crippen LogP contribution in [0.25, 0.3) is 11.0 Å². The quantitative estimate of drug-likeness (QED) is 0.623. The van der Waals surface area contributed by atoms with E-state index >= 15 is 0 Å². The molecule has 0 bridgehead atoms. The molecule has 1 amide bonds. The Kier molecular flexibility index (Phi) is 6.19. The number of hydrogen-bond donors (Lipinski definition) is 1. The number of nitrogens with zero attached hydrogens (tertiary/aromatic N) is 2. The molecule has 0 aliphatic rings. The minimum atomic E-state index is -4.54. The highest BCUT2D eigenvalue weighted by atomic mass is 19.4. The molecule has 0 atom stereocenters. The number of benzene rings is 2. The second kappa shape index (κ2) is 8.64. The van der Waals surface area contributed by atoms with Gasteiger partial charge in [0.15, 0.2) is 0 Å². The summed E-state index contributed by atoms with van der Waals surface area (Å²) in [4.78, 5) is 24.9. The molecule has 0 fully saturated rings. The first kappa shape index (κ1) is 21.5. The molecule has 6 nitrogen and oxygen atoms in total. The zero-order valence-corrected chi connectivity index (χ0v) is 16.6. The number of anilines is 1. The Morgan fingerprint density at radius 2 is 1.83 bits per heavy atom. The maximum Gasteiger partial charge on any atom is 0.416 e. The topological polar surface area (TPSA) is 65.3 Å². The lowest BCUT2D eigenvalue weighted by Gasteiger charge is -2.15. The predicted octanol–water partition coefficient (Wildman–Crippen LogP) is 4.18. The van der Waals surface area contributed by atoms with E-state index in [1.807, 2.05) is 13.0 Å². The number of imidazole rings is 1. The van der Waals surface area contributed by atoms with Crippen LogP contribution < -0.4 is 15.7 Å². The highest BCUT2D eigenvalue weighted by Gasteiger charge is 2.31. The van der Waals surface area contributed by atoms with Gasteiger partial charge in [-0.1, -0.05) is 19.1 Å². The minimum Gasteiger partial charge on any atom is -0.491 e. The third-order valence-corrected chi connectivity index (χ3v) is 4.66. The van der Waals surface area contributed by atoms with E-state index in [0.29, 0.717) is 18.5 Å². The first-order valence-corrected chi connectivity index (χ1v) is 9.50. The molecule has 30 heavy (non-hydrogen) atoms. The molecule has 1 N–H and O–H groups in total. The van der Waals surface area contributed by atoms with Crippen LogP contribution in [-0.4, -0.2) is 21.6 Å². The second-order valence-electron chi connectivity index (χ2n) is 6.84. The van der Waals surface area contributed by atoms with Crippen molar-refractivity contribution in [3.05, 3.63) is 58.5 Å². The number of aryl methyl sites for hydroxylation is 2. The van der Waals surface area contributed by atoms with Gasteiger partial charge in [0.1, 0.15) is 5.75 Å². The highest BCUT2D eigenvalue weighted by Crippen LogP contribution is 2.35. The van der Waals surface area contributed by atoms with Crippen molar-refractivity contribution in [1.82, 2.24) is 9.13 Å². The summed E-state index contributed by atoms with van der Waals surface area (Å²) >= 11 is 0. The minimum absolute atomic E-state index is 0.0476. The summed E-state index contributed by atoms with van der Waals surface area (Å²) < 4.78 is 47.6. The van der Waals surface area contributed by atoms with Crippen molar-refractivity contribution >= 4 is 22.6 Å². The molecule has 0 aliphatic heterocycles. The van der Waals surface area contributed by atoms with E-state index in [-0.39, 0.29) is 30.1 Å². The summed E-state index contributed by atoms with van der Waals surface area (Å²) in [6.07, 6.45) is -3.96. The molecule has 2 aromatic carbocycles. The number of ether oxygens (including phenoxy) is 1. The molecule has 160 valence electrons. The maximum atomic E-state index is 13.1. The number of aromatic nitrogens is 2. The maximum absolute atomic E-state index is 13.1. The summed E-state index contributed by atoms with van der Waals surface area (Å²) in [7, 11) is 1.64. The van der Waals surface area contributed by atoms with Crippen LogP contribution in [0.15, 0.2) is 47.3 Å². The van der Waals surface area contributed by atoms with Gasteiger partial charge in [-0.3, -0.25) is 13.9 Å². The van der Waals surface area contributed by atoms with Gasteiger partial charge in [-0.2, -0.15) is 13.2 Å². The number of alkyl halides is 3. The number of nitrogens with one attached hydrogen (secondary N) is 1. The first-order chi connectivity index (χ1) is 14.2. The Labute approximate surface area is 170 Å². The third-order valence-electron chi connectivity index (χ3n) is 4.66. The largest absolute Gasteiger partial charge is 0.491 e. The van der Waals surface area contributed by atoms with Crippen LogP contribution in [0.5, 0.6) is 5.75 Å². The van der Waals surface area contributed by atoms with E-state index in [2.05, 4.69) is 5.32 Å². The monoisotopic (exact) mass is 421 g/mol. The van der Waals surface area contributed by atoms with Gasteiger partial charge in [0.2, 0.25) is 5.91 Å². The number of para-hydroxylation sites is 2. The van der Waals surface area contributed by atoms with Crippen molar-refractivity contribution in [3.63, 3.8) is 0 Å². The predicted molar refractivity (Wildman–Crippen MR) is 108 cm³/mol. The van der Waals surface area contributed by atoms with Crippen molar-refractivity contribution in [2.24, 2.45) is 7.05 Å². The molecule has 0 radical (unpaired) electrons. The molecule has 9 heteroatoms. The Balaban J connectivity index is 1.79. The molecule has 0 saturated heterocycles. The zero-order valence-electron chi connectivity index (χ0n) is 16.6. The molecule has 0 unspecified atom stereocenters. The van der Waals surface area contributed by atoms with Crippen molar-refractivity contribution in [1.29, 1.82) is 0 Å². The van der Waals surface area contributed by atoms with E-state index in [1.54, 1.807) is 25.2 Å². The summed E-state index contributed by atoms with van der Waals surface area (Å²) in [5, 5.41) is 2.49. The first-order valence-electron chi connectivity index (χ1n) is 9.50. The number of hydrogen-bond acceptors (Lipinski definition) is 3. The van der Waals surface area contributed by atoms with E-state index in [4.69, 9.17) is 4.74 Å². The normalized spacial score (nSPS) is 11.6. The van der Waals surface area contributed by atoms with Crippen LogP contribution >= 0.6 is 0 Å². The Bertz CT molecular complexity index is 1120. The molecule has 3 rings (SSSR count). The number of carbonyl (C=O) groups is 1. The van der Waals surface area contributed by atoms with Gasteiger partial charge in [0.05, 0.1) is 28.9 Å². The third kappa shape index (κ3) is 4.50. The molecule has 3 aromatic rings. The van der Waals surface area contributed by atoms with Crippen LogP contribution in [-0.2, 0) is 24.6 Å². The van der Waals surface area contributed by atoms with Crippen LogP contribution in [0, 0.1) is 0 Å². The Hall–Kier alpha value is -3.23. The van der Waals surface area contributed by atoms with E-state index in [9.17, 15) is 22.8 Å². The van der Waals surface area contributed by atoms with Crippen molar-refractivity contribution in [2.45, 2.75) is 32.5 Å². The van der Waals surface area contributed by atoms with Gasteiger partial charge in [0, 0.05) is 20.0 Å². The lowest BCUT2D eigenvalue weighted by atomic mass is 10.1. The van der Waals surface area contributed by atoms with Crippen LogP contribution in [0.4, 0.5) is 18.9 Å². The zero-order chi connectivity index (χ0) is 21.9. The van der Waals surface area contributed by atoms with E-state index < -0.39 is 17.6 Å². The average Bonchev–Trinajstić information content (AvgIpc) is 2.95. The summed E-state index contributed by atoms with van der Waals surface area (Å²) in [6, 6.07) is 10.1. The van der Waals surface area contributed by atoms with Gasteiger partial charge in [-0.15, -0.1) is 0 Å². The summed E-state index contributed by atoms with van der Waals surface area (Å²) in [6.45, 7) is 2.26. The Morgan fingerprint density at radius 3 is 2.50 bits per heavy atom. The molecular formula is C21H22F3N3O3. The SMILES string of the molecule is CCCOc1ccc(C(F)(F)F)cc1NC(=O)CCn1c(=O)n(C)c2ccccc21. The lowest BCUT2D eigenvalue weighted by Crippen LogP contribution is -2.24. The molecule has 0 saturated carbocycles. The van der Waals surface area contributed by atoms with Crippen molar-refractivity contribution in [2.75, 3.05) is 11.9 Å². The molecular weight excluding hydrogens is 399 g/mol. The van der Waals surface area contributed by atoms with Crippen LogP contribution in [0.1, 0.15) is 25.3 Å². The number of fused-ring (bicyclic) bond motifs is 1. The number of amides is 1. The van der Waals surface area contributed by atoms with Crippen LogP contribution in [0.2, 0.25) is 0 Å². The molecule has 0 aliphatic carbocycles. The summed E-state index contributed by atoms with van der Waals surface area (Å²) in [5.41, 5.74) is 0.218.